The van der Waals surface area contributed by atoms with Crippen molar-refractivity contribution >= 4 is 11.9 Å². The van der Waals surface area contributed by atoms with Crippen molar-refractivity contribution in [1.29, 1.82) is 0 Å². The predicted octanol–water partition coefficient (Wildman–Crippen LogP) is 1.40. The molecule has 0 aromatic carbocycles. The fourth-order valence-electron chi connectivity index (χ4n) is 3.59. The van der Waals surface area contributed by atoms with Gasteiger partial charge in [-0.15, -0.1) is 0 Å². The molecule has 3 heterocycles. The van der Waals surface area contributed by atoms with E-state index in [2.05, 4.69) is 10.3 Å². The van der Waals surface area contributed by atoms with Crippen LogP contribution in [0.1, 0.15) is 43.4 Å². The van der Waals surface area contributed by atoms with Gasteiger partial charge in [0.1, 0.15) is 5.60 Å². The number of carbonyl (C=O) groups is 2. The molecule has 26 heavy (non-hydrogen) atoms. The Morgan fingerprint density at radius 2 is 2.04 bits per heavy atom. The lowest BCUT2D eigenvalue weighted by molar-refractivity contribution is -0.133. The first-order chi connectivity index (χ1) is 12.5. The van der Waals surface area contributed by atoms with Crippen LogP contribution in [0.5, 0.6) is 0 Å². The van der Waals surface area contributed by atoms with Crippen LogP contribution in [0.15, 0.2) is 18.3 Å². The zero-order chi connectivity index (χ0) is 18.6. The van der Waals surface area contributed by atoms with E-state index in [0.717, 1.165) is 24.9 Å². The number of aryl methyl sites for hydroxylation is 1. The molecule has 1 aromatic heterocycles. The van der Waals surface area contributed by atoms with Crippen molar-refractivity contribution in [2.45, 2.75) is 44.6 Å². The second-order valence-corrected chi connectivity index (χ2v) is 7.31. The highest BCUT2D eigenvalue weighted by molar-refractivity contribution is 5.77. The molecule has 142 valence electrons. The van der Waals surface area contributed by atoms with Gasteiger partial charge in [0.25, 0.3) is 0 Å². The Balaban J connectivity index is 1.44. The topological polar surface area (TPSA) is 85.8 Å². The molecular weight excluding hydrogens is 332 g/mol. The first-order valence-electron chi connectivity index (χ1n) is 9.44. The fourth-order valence-corrected chi connectivity index (χ4v) is 3.59. The third-order valence-electron chi connectivity index (χ3n) is 5.35. The number of piperidine rings is 2. The van der Waals surface area contributed by atoms with E-state index in [-0.39, 0.29) is 11.9 Å². The van der Waals surface area contributed by atoms with Gasteiger partial charge in [0, 0.05) is 45.3 Å². The van der Waals surface area contributed by atoms with Crippen LogP contribution in [0.2, 0.25) is 0 Å². The first kappa shape index (κ1) is 18.6. The number of pyridine rings is 1. The van der Waals surface area contributed by atoms with Crippen LogP contribution in [0.3, 0.4) is 0 Å². The zero-order valence-corrected chi connectivity index (χ0v) is 15.4. The molecule has 0 saturated carbocycles. The molecule has 0 unspecified atom stereocenters. The van der Waals surface area contributed by atoms with Crippen LogP contribution in [0.25, 0.3) is 0 Å². The van der Waals surface area contributed by atoms with Crippen LogP contribution in [0, 0.1) is 6.92 Å². The molecule has 2 aliphatic rings. The Kier molecular flexibility index (Phi) is 5.76. The molecule has 7 heteroatoms. The number of hydrogen-bond acceptors (Lipinski definition) is 4. The summed E-state index contributed by atoms with van der Waals surface area (Å²) in [6, 6.07) is 3.68. The first-order valence-corrected chi connectivity index (χ1v) is 9.44. The monoisotopic (exact) mass is 360 g/mol. The predicted molar refractivity (Wildman–Crippen MR) is 97.5 cm³/mol. The second kappa shape index (κ2) is 8.03. The molecule has 0 spiro atoms. The van der Waals surface area contributed by atoms with E-state index >= 15 is 0 Å². The number of nitrogens with one attached hydrogen (secondary N) is 1. The van der Waals surface area contributed by atoms with Gasteiger partial charge < -0.3 is 20.2 Å². The number of urea groups is 1. The number of nitrogens with zero attached hydrogens (tertiary/aromatic N) is 3. The van der Waals surface area contributed by atoms with Crippen LogP contribution in [-0.2, 0) is 10.4 Å². The highest BCUT2D eigenvalue weighted by Crippen LogP contribution is 2.31. The Hall–Kier alpha value is -2.15. The lowest BCUT2D eigenvalue weighted by Gasteiger charge is -2.38. The molecule has 3 amide bonds. The third-order valence-corrected chi connectivity index (χ3v) is 5.35. The minimum absolute atomic E-state index is 0.131. The number of carbonyl (C=O) groups excluding carboxylic acids is 2. The molecule has 2 N–H and O–H groups in total. The van der Waals surface area contributed by atoms with Crippen molar-refractivity contribution in [3.63, 3.8) is 0 Å². The number of likely N-dealkylation sites (tertiary alicyclic amines) is 2. The van der Waals surface area contributed by atoms with Crippen molar-refractivity contribution in [2.75, 3.05) is 32.7 Å². The molecule has 0 aliphatic carbocycles. The Morgan fingerprint density at radius 1 is 1.27 bits per heavy atom. The smallest absolute Gasteiger partial charge is 0.317 e. The number of aromatic nitrogens is 1. The van der Waals surface area contributed by atoms with Crippen molar-refractivity contribution in [1.82, 2.24) is 20.1 Å². The van der Waals surface area contributed by atoms with E-state index in [4.69, 9.17) is 0 Å². The van der Waals surface area contributed by atoms with Gasteiger partial charge in [0.05, 0.1) is 5.69 Å². The van der Waals surface area contributed by atoms with Crippen LogP contribution in [0.4, 0.5) is 4.79 Å². The number of aliphatic hydroxyl groups is 1. The number of amides is 3. The van der Waals surface area contributed by atoms with E-state index in [1.165, 1.54) is 0 Å². The maximum absolute atomic E-state index is 12.3. The molecule has 0 radical (unpaired) electrons. The summed E-state index contributed by atoms with van der Waals surface area (Å²) >= 11 is 0. The van der Waals surface area contributed by atoms with Crippen LogP contribution >= 0.6 is 0 Å². The van der Waals surface area contributed by atoms with Crippen molar-refractivity contribution in [2.24, 2.45) is 0 Å². The summed E-state index contributed by atoms with van der Waals surface area (Å²) in [5, 5.41) is 13.7. The Labute approximate surface area is 154 Å². The minimum atomic E-state index is -0.968. The average molecular weight is 360 g/mol. The van der Waals surface area contributed by atoms with Gasteiger partial charge >= 0.3 is 6.03 Å². The summed E-state index contributed by atoms with van der Waals surface area (Å²) in [4.78, 5) is 32.0. The van der Waals surface area contributed by atoms with Crippen LogP contribution in [-0.4, -0.2) is 64.6 Å². The highest BCUT2D eigenvalue weighted by atomic mass is 16.3. The van der Waals surface area contributed by atoms with Crippen molar-refractivity contribution < 1.29 is 14.7 Å². The summed E-state index contributed by atoms with van der Waals surface area (Å²) < 4.78 is 0. The van der Waals surface area contributed by atoms with E-state index < -0.39 is 5.60 Å². The second-order valence-electron chi connectivity index (χ2n) is 7.31. The van der Waals surface area contributed by atoms with E-state index in [1.807, 2.05) is 24.0 Å². The van der Waals surface area contributed by atoms with E-state index in [1.54, 1.807) is 11.1 Å². The van der Waals surface area contributed by atoms with Gasteiger partial charge in [-0.05, 0) is 44.2 Å². The largest absolute Gasteiger partial charge is 0.383 e. The molecule has 2 aliphatic heterocycles. The summed E-state index contributed by atoms with van der Waals surface area (Å²) in [6.45, 7) is 4.75. The molecule has 0 atom stereocenters. The molecule has 3 rings (SSSR count). The minimum Gasteiger partial charge on any atom is -0.383 e. The molecule has 1 aromatic rings. The quantitative estimate of drug-likeness (QED) is 0.850. The molecule has 2 fully saturated rings. The number of rotatable bonds is 4. The van der Waals surface area contributed by atoms with Crippen LogP contribution < -0.4 is 5.32 Å². The third kappa shape index (κ3) is 4.33. The van der Waals surface area contributed by atoms with Gasteiger partial charge in [0.15, 0.2) is 0 Å². The highest BCUT2D eigenvalue weighted by Gasteiger charge is 2.36. The molecule has 2 saturated heterocycles. The Bertz CT molecular complexity index is 639. The summed E-state index contributed by atoms with van der Waals surface area (Å²) in [7, 11) is 0. The summed E-state index contributed by atoms with van der Waals surface area (Å²) in [5.74, 6) is 0.180. The van der Waals surface area contributed by atoms with Crippen molar-refractivity contribution in [3.05, 3.63) is 29.6 Å². The van der Waals surface area contributed by atoms with Gasteiger partial charge in [-0.3, -0.25) is 9.78 Å². The maximum Gasteiger partial charge on any atom is 0.317 e. The van der Waals surface area contributed by atoms with Crippen molar-refractivity contribution in [3.8, 4) is 0 Å². The van der Waals surface area contributed by atoms with Gasteiger partial charge in [-0.2, -0.15) is 0 Å². The molecule has 7 nitrogen and oxygen atoms in total. The fraction of sp³-hybridized carbons (Fsp3) is 0.632. The molecule has 0 bridgehead atoms. The Morgan fingerprint density at radius 3 is 2.69 bits per heavy atom. The number of hydrogen-bond donors (Lipinski definition) is 2. The van der Waals surface area contributed by atoms with Gasteiger partial charge in [-0.1, -0.05) is 6.07 Å². The zero-order valence-electron chi connectivity index (χ0n) is 15.4. The standard InChI is InChI=1S/C19H28N4O3/c1-15-5-6-16(21-14-15)19(26)7-11-23(12-8-19)18(25)20-9-13-22-10-3-2-4-17(22)24/h5-6,14,26H,2-4,7-13H2,1H3,(H,20,25). The lowest BCUT2D eigenvalue weighted by atomic mass is 9.87. The summed E-state index contributed by atoms with van der Waals surface area (Å²) in [5.41, 5.74) is 0.762. The van der Waals surface area contributed by atoms with Gasteiger partial charge in [0.2, 0.25) is 5.91 Å². The SMILES string of the molecule is Cc1ccc(C2(O)CCN(C(=O)NCCN3CCCCC3=O)CC2)nc1. The molecular formula is C19H28N4O3. The normalized spacial score (nSPS) is 20.2. The van der Waals surface area contributed by atoms with E-state index in [9.17, 15) is 14.7 Å². The van der Waals surface area contributed by atoms with Gasteiger partial charge in [-0.25, -0.2) is 4.79 Å². The maximum atomic E-state index is 12.3. The lowest BCUT2D eigenvalue weighted by Crippen LogP contribution is -2.50. The summed E-state index contributed by atoms with van der Waals surface area (Å²) in [6.07, 6.45) is 5.33. The van der Waals surface area contributed by atoms with E-state index in [0.29, 0.717) is 51.1 Å². The average Bonchev–Trinajstić information content (AvgIpc) is 2.64.